The normalized spacial score (nSPS) is 10.0. The molecule has 0 aliphatic carbocycles. The number of nitrogens with zero attached hydrogens (tertiary/aromatic N) is 1. The zero-order valence-corrected chi connectivity index (χ0v) is 10.2. The molecule has 17 heavy (non-hydrogen) atoms. The molecule has 0 heterocycles. The largest absolute Gasteiger partial charge is 0.443 e. The summed E-state index contributed by atoms with van der Waals surface area (Å²) in [6.07, 6.45) is -0.480. The first-order valence-electron chi connectivity index (χ1n) is 5.45. The SMILES string of the molecule is CNCCN(OC)C(=O)OCc1ccccc1. The third kappa shape index (κ3) is 4.84. The number of carbonyl (C=O) groups excluding carboxylic acids is 1. The second kappa shape index (κ2) is 7.65. The lowest BCUT2D eigenvalue weighted by molar-refractivity contribution is -0.110. The van der Waals surface area contributed by atoms with Gasteiger partial charge >= 0.3 is 6.09 Å². The van der Waals surface area contributed by atoms with Gasteiger partial charge in [0.25, 0.3) is 0 Å². The molecule has 5 heteroatoms. The molecule has 0 radical (unpaired) electrons. The number of likely N-dealkylation sites (N-methyl/N-ethyl adjacent to an activating group) is 1. The summed E-state index contributed by atoms with van der Waals surface area (Å²) in [6, 6.07) is 9.52. The van der Waals surface area contributed by atoms with Gasteiger partial charge in [-0.2, -0.15) is 5.06 Å². The molecular formula is C12H18N2O3. The average molecular weight is 238 g/mol. The third-order valence-corrected chi connectivity index (χ3v) is 2.19. The highest BCUT2D eigenvalue weighted by Crippen LogP contribution is 2.03. The van der Waals surface area contributed by atoms with E-state index in [4.69, 9.17) is 9.57 Å². The molecule has 0 aliphatic rings. The van der Waals surface area contributed by atoms with Crippen molar-refractivity contribution < 1.29 is 14.4 Å². The molecule has 1 N–H and O–H groups in total. The first kappa shape index (κ1) is 13.5. The zero-order chi connectivity index (χ0) is 12.5. The molecule has 0 saturated carbocycles. The molecule has 0 bridgehead atoms. The quantitative estimate of drug-likeness (QED) is 0.761. The summed E-state index contributed by atoms with van der Waals surface area (Å²) in [7, 11) is 3.25. The molecular weight excluding hydrogens is 220 g/mol. The highest BCUT2D eigenvalue weighted by Gasteiger charge is 2.13. The van der Waals surface area contributed by atoms with E-state index >= 15 is 0 Å². The van der Waals surface area contributed by atoms with E-state index in [0.29, 0.717) is 13.1 Å². The van der Waals surface area contributed by atoms with Gasteiger partial charge in [-0.05, 0) is 12.6 Å². The molecule has 0 saturated heterocycles. The van der Waals surface area contributed by atoms with Crippen LogP contribution < -0.4 is 5.32 Å². The summed E-state index contributed by atoms with van der Waals surface area (Å²) in [5.74, 6) is 0. The first-order valence-corrected chi connectivity index (χ1v) is 5.45. The van der Waals surface area contributed by atoms with E-state index in [1.165, 1.54) is 12.2 Å². The lowest BCUT2D eigenvalue weighted by Gasteiger charge is -2.18. The van der Waals surface area contributed by atoms with Gasteiger partial charge in [-0.3, -0.25) is 4.84 Å². The molecule has 1 rings (SSSR count). The number of hydroxylamine groups is 2. The van der Waals surface area contributed by atoms with Gasteiger partial charge in [0.15, 0.2) is 0 Å². The lowest BCUT2D eigenvalue weighted by atomic mass is 10.2. The molecule has 1 aromatic rings. The van der Waals surface area contributed by atoms with Crippen LogP contribution in [0, 0.1) is 0 Å². The monoisotopic (exact) mass is 238 g/mol. The minimum absolute atomic E-state index is 0.249. The number of hydrogen-bond donors (Lipinski definition) is 1. The Hall–Kier alpha value is -1.59. The molecule has 5 nitrogen and oxygen atoms in total. The Morgan fingerprint density at radius 1 is 1.35 bits per heavy atom. The van der Waals surface area contributed by atoms with E-state index in [1.807, 2.05) is 37.4 Å². The second-order valence-corrected chi connectivity index (χ2v) is 3.43. The zero-order valence-electron chi connectivity index (χ0n) is 10.2. The summed E-state index contributed by atoms with van der Waals surface area (Å²) < 4.78 is 5.11. The highest BCUT2D eigenvalue weighted by atomic mass is 16.7. The van der Waals surface area contributed by atoms with Gasteiger partial charge in [0.1, 0.15) is 6.61 Å². The fraction of sp³-hybridized carbons (Fsp3) is 0.417. The van der Waals surface area contributed by atoms with Gasteiger partial charge in [0.2, 0.25) is 0 Å². The Morgan fingerprint density at radius 2 is 2.06 bits per heavy atom. The van der Waals surface area contributed by atoms with Crippen LogP contribution in [0.25, 0.3) is 0 Å². The van der Waals surface area contributed by atoms with Crippen LogP contribution in [-0.4, -0.2) is 38.4 Å². The number of ether oxygens (including phenoxy) is 1. The summed E-state index contributed by atoms with van der Waals surface area (Å²) in [5, 5.41) is 4.11. The van der Waals surface area contributed by atoms with Crippen LogP contribution in [0.4, 0.5) is 4.79 Å². The summed E-state index contributed by atoms with van der Waals surface area (Å²) in [5.41, 5.74) is 0.950. The molecule has 0 aliphatic heterocycles. The number of benzene rings is 1. The smallest absolute Gasteiger partial charge is 0.434 e. The van der Waals surface area contributed by atoms with E-state index in [9.17, 15) is 4.79 Å². The lowest BCUT2D eigenvalue weighted by Crippen LogP contribution is -2.35. The van der Waals surface area contributed by atoms with Gasteiger partial charge in [0, 0.05) is 6.54 Å². The van der Waals surface area contributed by atoms with Crippen molar-refractivity contribution in [1.82, 2.24) is 10.4 Å². The molecule has 0 aromatic heterocycles. The summed E-state index contributed by atoms with van der Waals surface area (Å²) in [6.45, 7) is 1.34. The third-order valence-electron chi connectivity index (χ3n) is 2.19. The number of carbonyl (C=O) groups is 1. The van der Waals surface area contributed by atoms with Crippen molar-refractivity contribution in [3.05, 3.63) is 35.9 Å². The van der Waals surface area contributed by atoms with E-state index in [1.54, 1.807) is 0 Å². The Bertz CT molecular complexity index is 330. The van der Waals surface area contributed by atoms with Gasteiger partial charge in [-0.1, -0.05) is 30.3 Å². The van der Waals surface area contributed by atoms with Crippen molar-refractivity contribution >= 4 is 6.09 Å². The molecule has 1 amide bonds. The second-order valence-electron chi connectivity index (χ2n) is 3.43. The van der Waals surface area contributed by atoms with Gasteiger partial charge < -0.3 is 10.1 Å². The number of rotatable bonds is 6. The van der Waals surface area contributed by atoms with E-state index in [0.717, 1.165) is 5.56 Å². The Labute approximate surface area is 101 Å². The Kier molecular flexibility index (Phi) is 6.06. The molecule has 0 fully saturated rings. The van der Waals surface area contributed by atoms with Crippen LogP contribution in [-0.2, 0) is 16.2 Å². The van der Waals surface area contributed by atoms with Crippen molar-refractivity contribution in [3.8, 4) is 0 Å². The molecule has 0 atom stereocenters. The predicted molar refractivity (Wildman–Crippen MR) is 64.3 cm³/mol. The van der Waals surface area contributed by atoms with E-state index < -0.39 is 6.09 Å². The topological polar surface area (TPSA) is 50.8 Å². The minimum Gasteiger partial charge on any atom is -0.443 e. The molecule has 94 valence electrons. The standard InChI is InChI=1S/C12H18N2O3/c1-13-8-9-14(16-2)12(15)17-10-11-6-4-3-5-7-11/h3-7,13H,8-10H2,1-2H3. The van der Waals surface area contributed by atoms with Gasteiger partial charge in [-0.25, -0.2) is 4.79 Å². The Morgan fingerprint density at radius 3 is 2.65 bits per heavy atom. The summed E-state index contributed by atoms with van der Waals surface area (Å²) in [4.78, 5) is 16.5. The number of hydrogen-bond acceptors (Lipinski definition) is 4. The van der Waals surface area contributed by atoms with Crippen LogP contribution in [0.5, 0.6) is 0 Å². The van der Waals surface area contributed by atoms with Crippen LogP contribution in [0.2, 0.25) is 0 Å². The molecule has 1 aromatic carbocycles. The van der Waals surface area contributed by atoms with Crippen LogP contribution in [0.15, 0.2) is 30.3 Å². The van der Waals surface area contributed by atoms with E-state index in [-0.39, 0.29) is 6.61 Å². The minimum atomic E-state index is -0.480. The van der Waals surface area contributed by atoms with Crippen molar-refractivity contribution in [1.29, 1.82) is 0 Å². The maximum absolute atomic E-state index is 11.6. The average Bonchev–Trinajstić information content (AvgIpc) is 2.38. The van der Waals surface area contributed by atoms with Crippen molar-refractivity contribution in [2.75, 3.05) is 27.2 Å². The number of nitrogens with one attached hydrogen (secondary N) is 1. The van der Waals surface area contributed by atoms with Crippen molar-refractivity contribution in [2.45, 2.75) is 6.61 Å². The van der Waals surface area contributed by atoms with Gasteiger partial charge in [0.05, 0.1) is 13.7 Å². The predicted octanol–water partition coefficient (Wildman–Crippen LogP) is 1.41. The highest BCUT2D eigenvalue weighted by molar-refractivity contribution is 5.66. The van der Waals surface area contributed by atoms with Crippen LogP contribution >= 0.6 is 0 Å². The van der Waals surface area contributed by atoms with Crippen LogP contribution in [0.3, 0.4) is 0 Å². The maximum atomic E-state index is 11.6. The Balaban J connectivity index is 2.37. The number of amides is 1. The van der Waals surface area contributed by atoms with E-state index in [2.05, 4.69) is 5.32 Å². The van der Waals surface area contributed by atoms with Crippen molar-refractivity contribution in [2.24, 2.45) is 0 Å². The summed E-state index contributed by atoms with van der Waals surface area (Å²) >= 11 is 0. The molecule has 0 spiro atoms. The maximum Gasteiger partial charge on any atom is 0.434 e. The van der Waals surface area contributed by atoms with Crippen molar-refractivity contribution in [3.63, 3.8) is 0 Å². The fourth-order valence-electron chi connectivity index (χ4n) is 1.26. The molecule has 0 unspecified atom stereocenters. The first-order chi connectivity index (χ1) is 8.27. The van der Waals surface area contributed by atoms with Gasteiger partial charge in [-0.15, -0.1) is 0 Å². The fourth-order valence-corrected chi connectivity index (χ4v) is 1.26. The van der Waals surface area contributed by atoms with Crippen LogP contribution in [0.1, 0.15) is 5.56 Å².